The summed E-state index contributed by atoms with van der Waals surface area (Å²) in [5.74, 6) is -2.30. The molecule has 0 bridgehead atoms. The van der Waals surface area contributed by atoms with Crippen LogP contribution in [0.3, 0.4) is 0 Å². The van der Waals surface area contributed by atoms with Crippen LogP contribution in [-0.2, 0) is 9.59 Å². The summed E-state index contributed by atoms with van der Waals surface area (Å²) >= 11 is 0. The third-order valence-corrected chi connectivity index (χ3v) is 5.45. The van der Waals surface area contributed by atoms with E-state index in [0.29, 0.717) is 16.9 Å². The van der Waals surface area contributed by atoms with Crippen LogP contribution < -0.4 is 9.64 Å². The summed E-state index contributed by atoms with van der Waals surface area (Å²) in [4.78, 5) is 27.3. The van der Waals surface area contributed by atoms with Crippen LogP contribution in [0.15, 0.2) is 64.6 Å². The Bertz CT molecular complexity index is 1320. The van der Waals surface area contributed by atoms with Crippen molar-refractivity contribution in [1.82, 2.24) is 0 Å². The molecule has 176 valence electrons. The largest absolute Gasteiger partial charge is 0.573 e. The molecule has 1 atom stereocenters. The standard InChI is InChI=1S/C25H20F3NO5/c1-13-7-8-14(2)18(11-13)22(30)20-21(19-10-9-15(3)33-19)29(24(32)23(20)31)16-5-4-6-17(12-16)34-25(26,27)28/h4-12,21,30H,1-3H3/b22-20-. The maximum Gasteiger partial charge on any atom is 0.573 e. The maximum atomic E-state index is 13.1. The normalized spacial score (nSPS) is 17.9. The molecule has 1 saturated heterocycles. The van der Waals surface area contributed by atoms with Crippen LogP contribution in [0.1, 0.15) is 34.3 Å². The van der Waals surface area contributed by atoms with Gasteiger partial charge in [0.1, 0.15) is 29.1 Å². The Kier molecular flexibility index (Phi) is 5.72. The number of ketones is 1. The van der Waals surface area contributed by atoms with Crippen molar-refractivity contribution in [2.24, 2.45) is 0 Å². The molecule has 1 aromatic heterocycles. The van der Waals surface area contributed by atoms with Crippen molar-refractivity contribution in [3.63, 3.8) is 0 Å². The average molecular weight is 471 g/mol. The molecule has 0 aliphatic carbocycles. The minimum absolute atomic E-state index is 0.0251. The number of hydrogen-bond donors (Lipinski definition) is 1. The van der Waals surface area contributed by atoms with Gasteiger partial charge in [0.05, 0.1) is 5.57 Å². The fourth-order valence-electron chi connectivity index (χ4n) is 3.93. The molecule has 3 aromatic rings. The highest BCUT2D eigenvalue weighted by atomic mass is 19.4. The number of halogens is 3. The fraction of sp³-hybridized carbons (Fsp3) is 0.200. The van der Waals surface area contributed by atoms with Gasteiger partial charge in [0.25, 0.3) is 11.7 Å². The topological polar surface area (TPSA) is 80.0 Å². The van der Waals surface area contributed by atoms with Gasteiger partial charge in [-0.25, -0.2) is 0 Å². The van der Waals surface area contributed by atoms with Crippen LogP contribution in [0.25, 0.3) is 5.76 Å². The van der Waals surface area contributed by atoms with Gasteiger partial charge in [-0.1, -0.05) is 23.8 Å². The van der Waals surface area contributed by atoms with Gasteiger partial charge in [-0.2, -0.15) is 0 Å². The highest BCUT2D eigenvalue weighted by Gasteiger charge is 2.48. The molecule has 34 heavy (non-hydrogen) atoms. The first-order chi connectivity index (χ1) is 16.0. The number of benzene rings is 2. The zero-order valence-electron chi connectivity index (χ0n) is 18.4. The van der Waals surface area contributed by atoms with E-state index in [1.807, 2.05) is 13.0 Å². The second kappa shape index (κ2) is 8.40. The molecular weight excluding hydrogens is 451 g/mol. The third kappa shape index (κ3) is 4.28. The van der Waals surface area contributed by atoms with E-state index in [2.05, 4.69) is 4.74 Å². The van der Waals surface area contributed by atoms with E-state index < -0.39 is 35.6 Å². The zero-order chi connectivity index (χ0) is 24.8. The molecule has 1 unspecified atom stereocenters. The number of furan rings is 1. The van der Waals surface area contributed by atoms with Crippen LogP contribution in [0, 0.1) is 20.8 Å². The van der Waals surface area contributed by atoms with E-state index in [0.717, 1.165) is 22.6 Å². The van der Waals surface area contributed by atoms with E-state index in [-0.39, 0.29) is 17.0 Å². The van der Waals surface area contributed by atoms with E-state index >= 15 is 0 Å². The Hall–Kier alpha value is -4.01. The second-order valence-electron chi connectivity index (χ2n) is 7.98. The molecule has 4 rings (SSSR count). The first-order valence-electron chi connectivity index (χ1n) is 10.3. The SMILES string of the molecule is Cc1ccc(C)c(/C(O)=C2/C(=O)C(=O)N(c3cccc(OC(F)(F)F)c3)C2c2ccc(C)o2)c1. The quantitative estimate of drug-likeness (QED) is 0.299. The maximum absolute atomic E-state index is 13.1. The molecule has 2 heterocycles. The van der Waals surface area contributed by atoms with Gasteiger partial charge >= 0.3 is 6.36 Å². The number of aliphatic hydroxyl groups is 1. The number of Topliss-reactive ketones (excluding diaryl/α,β-unsaturated/α-hetero) is 1. The number of aliphatic hydroxyl groups excluding tert-OH is 1. The van der Waals surface area contributed by atoms with Crippen molar-refractivity contribution in [2.45, 2.75) is 33.2 Å². The smallest absolute Gasteiger partial charge is 0.507 e. The molecule has 0 spiro atoms. The molecule has 2 aromatic carbocycles. The van der Waals surface area contributed by atoms with Crippen LogP contribution in [0.2, 0.25) is 0 Å². The summed E-state index contributed by atoms with van der Waals surface area (Å²) in [6.45, 7) is 5.22. The van der Waals surface area contributed by atoms with E-state index in [1.54, 1.807) is 38.1 Å². The Balaban J connectivity index is 1.92. The number of ether oxygens (including phenoxy) is 1. The molecule has 1 aliphatic rings. The molecule has 1 aliphatic heterocycles. The number of rotatable bonds is 4. The molecule has 0 saturated carbocycles. The Morgan fingerprint density at radius 1 is 1.03 bits per heavy atom. The van der Waals surface area contributed by atoms with Gasteiger partial charge < -0.3 is 14.3 Å². The Morgan fingerprint density at radius 3 is 2.41 bits per heavy atom. The lowest BCUT2D eigenvalue weighted by Gasteiger charge is -2.24. The lowest BCUT2D eigenvalue weighted by atomic mass is 9.96. The predicted octanol–water partition coefficient (Wildman–Crippen LogP) is 5.73. The van der Waals surface area contributed by atoms with Crippen molar-refractivity contribution in [3.05, 3.63) is 88.4 Å². The van der Waals surface area contributed by atoms with Crippen molar-refractivity contribution < 1.29 is 37.0 Å². The molecule has 9 heteroatoms. The van der Waals surface area contributed by atoms with Crippen molar-refractivity contribution in [1.29, 1.82) is 0 Å². The Labute approximate surface area is 192 Å². The monoisotopic (exact) mass is 471 g/mol. The number of nitrogens with zero attached hydrogens (tertiary/aromatic N) is 1. The van der Waals surface area contributed by atoms with Crippen molar-refractivity contribution in [3.8, 4) is 5.75 Å². The average Bonchev–Trinajstić information content (AvgIpc) is 3.29. The van der Waals surface area contributed by atoms with Crippen LogP contribution in [0.5, 0.6) is 5.75 Å². The van der Waals surface area contributed by atoms with E-state index in [1.165, 1.54) is 12.1 Å². The lowest BCUT2D eigenvalue weighted by molar-refractivity contribution is -0.274. The van der Waals surface area contributed by atoms with Crippen molar-refractivity contribution in [2.75, 3.05) is 4.90 Å². The van der Waals surface area contributed by atoms with Crippen molar-refractivity contribution >= 4 is 23.1 Å². The number of amides is 1. The summed E-state index contributed by atoms with van der Waals surface area (Å²) in [7, 11) is 0. The number of alkyl halides is 3. The number of carbonyl (C=O) groups excluding carboxylic acids is 2. The molecular formula is C25H20F3NO5. The molecule has 1 amide bonds. The van der Waals surface area contributed by atoms with Gasteiger partial charge in [0.15, 0.2) is 0 Å². The Morgan fingerprint density at radius 2 is 1.76 bits per heavy atom. The summed E-state index contributed by atoms with van der Waals surface area (Å²) in [5.41, 5.74) is 1.60. The van der Waals surface area contributed by atoms with Crippen LogP contribution in [0.4, 0.5) is 18.9 Å². The van der Waals surface area contributed by atoms with Gasteiger partial charge in [0, 0.05) is 17.3 Å². The van der Waals surface area contributed by atoms with E-state index in [4.69, 9.17) is 4.42 Å². The number of hydrogen-bond acceptors (Lipinski definition) is 5. The minimum atomic E-state index is -4.94. The van der Waals surface area contributed by atoms with Crippen LogP contribution in [-0.4, -0.2) is 23.2 Å². The second-order valence-corrected chi connectivity index (χ2v) is 7.98. The third-order valence-electron chi connectivity index (χ3n) is 5.45. The van der Waals surface area contributed by atoms with Gasteiger partial charge in [-0.3, -0.25) is 14.5 Å². The molecule has 0 radical (unpaired) electrons. The number of aryl methyl sites for hydroxylation is 3. The molecule has 1 N–H and O–H groups in total. The first-order valence-corrected chi connectivity index (χ1v) is 10.3. The predicted molar refractivity (Wildman–Crippen MR) is 117 cm³/mol. The molecule has 1 fully saturated rings. The van der Waals surface area contributed by atoms with Gasteiger partial charge in [-0.15, -0.1) is 13.2 Å². The van der Waals surface area contributed by atoms with Gasteiger partial charge in [0.2, 0.25) is 0 Å². The highest BCUT2D eigenvalue weighted by Crippen LogP contribution is 2.43. The summed E-state index contributed by atoms with van der Waals surface area (Å²) < 4.78 is 47.9. The van der Waals surface area contributed by atoms with E-state index in [9.17, 15) is 27.9 Å². The summed E-state index contributed by atoms with van der Waals surface area (Å²) in [6.07, 6.45) is -4.94. The number of carbonyl (C=O) groups is 2. The van der Waals surface area contributed by atoms with Crippen LogP contribution >= 0.6 is 0 Å². The number of anilines is 1. The lowest BCUT2D eigenvalue weighted by Crippen LogP contribution is -2.29. The first kappa shape index (κ1) is 23.2. The highest BCUT2D eigenvalue weighted by molar-refractivity contribution is 6.51. The fourth-order valence-corrected chi connectivity index (χ4v) is 3.93. The van der Waals surface area contributed by atoms with Gasteiger partial charge in [-0.05, 0) is 56.7 Å². The summed E-state index contributed by atoms with van der Waals surface area (Å²) in [5, 5.41) is 11.2. The molecule has 6 nitrogen and oxygen atoms in total. The minimum Gasteiger partial charge on any atom is -0.507 e. The zero-order valence-corrected chi connectivity index (χ0v) is 18.4. The summed E-state index contributed by atoms with van der Waals surface area (Å²) in [6, 6.07) is 12.0.